The molecule has 3 aliphatic rings. The Kier molecular flexibility index (Phi) is 15.2. The number of ether oxygens (including phenoxy) is 1. The number of carbonyl (C=O) groups is 1. The quantitative estimate of drug-likeness (QED) is 0.459. The molecular formula is C29H52N2O2. The van der Waals surface area contributed by atoms with Crippen molar-refractivity contribution in [3.05, 3.63) is 35.4 Å². The predicted octanol–water partition coefficient (Wildman–Crippen LogP) is 7.38. The van der Waals surface area contributed by atoms with Gasteiger partial charge in [0.1, 0.15) is 0 Å². The predicted molar refractivity (Wildman–Crippen MR) is 142 cm³/mol. The van der Waals surface area contributed by atoms with Gasteiger partial charge in [0.15, 0.2) is 0 Å². The number of hydrogen-bond donors (Lipinski definition) is 0. The first kappa shape index (κ1) is 29.5. The normalized spacial score (nSPS) is 23.4. The zero-order chi connectivity index (χ0) is 24.6. The molecule has 190 valence electrons. The molecule has 1 amide bonds. The second kappa shape index (κ2) is 17.0. The van der Waals surface area contributed by atoms with Crippen molar-refractivity contribution in [1.29, 1.82) is 0 Å². The number of amides is 1. The van der Waals surface area contributed by atoms with Crippen LogP contribution in [0.4, 0.5) is 4.79 Å². The standard InChI is InChI=1S/C22H32N2O2.C3H8.2C2H6/c1-2-26-22(25)24-15-19-9-10-20(21(19)16-24)18-7-5-17(6-8-18)11-14-23-12-3-4-13-23;1-3-2;2*1-2/h5-8,19-21H,2-4,9-16H2,1H3;3H2,1-2H3;2*1-2H3. The number of likely N-dealkylation sites (tertiary alicyclic amines) is 2. The fourth-order valence-electron chi connectivity index (χ4n) is 5.27. The number of rotatable bonds is 5. The lowest BCUT2D eigenvalue weighted by atomic mass is 9.86. The van der Waals surface area contributed by atoms with E-state index in [-0.39, 0.29) is 6.09 Å². The smallest absolute Gasteiger partial charge is 0.409 e. The summed E-state index contributed by atoms with van der Waals surface area (Å²) in [6.07, 6.45) is 7.52. The molecule has 1 aromatic carbocycles. The van der Waals surface area contributed by atoms with Crippen molar-refractivity contribution < 1.29 is 9.53 Å². The highest BCUT2D eigenvalue weighted by Crippen LogP contribution is 2.47. The summed E-state index contributed by atoms with van der Waals surface area (Å²) in [5.74, 6) is 1.86. The van der Waals surface area contributed by atoms with Gasteiger partial charge in [-0.15, -0.1) is 0 Å². The molecule has 2 saturated heterocycles. The Balaban J connectivity index is 0.000000705. The molecule has 0 radical (unpaired) electrons. The molecule has 0 N–H and O–H groups in total. The van der Waals surface area contributed by atoms with Gasteiger partial charge >= 0.3 is 6.09 Å². The molecule has 4 heteroatoms. The highest BCUT2D eigenvalue weighted by molar-refractivity contribution is 5.68. The second-order valence-corrected chi connectivity index (χ2v) is 8.96. The van der Waals surface area contributed by atoms with Gasteiger partial charge in [-0.2, -0.15) is 0 Å². The third-order valence-electron chi connectivity index (χ3n) is 6.71. The van der Waals surface area contributed by atoms with E-state index in [9.17, 15) is 4.79 Å². The van der Waals surface area contributed by atoms with E-state index < -0.39 is 0 Å². The molecule has 1 saturated carbocycles. The lowest BCUT2D eigenvalue weighted by Crippen LogP contribution is -2.30. The highest BCUT2D eigenvalue weighted by Gasteiger charge is 2.44. The maximum Gasteiger partial charge on any atom is 0.409 e. The van der Waals surface area contributed by atoms with Crippen molar-refractivity contribution in [2.75, 3.05) is 39.3 Å². The molecule has 3 fully saturated rings. The molecule has 33 heavy (non-hydrogen) atoms. The first-order valence-electron chi connectivity index (χ1n) is 13.9. The van der Waals surface area contributed by atoms with Gasteiger partial charge in [0.2, 0.25) is 0 Å². The maximum atomic E-state index is 12.0. The Labute approximate surface area is 205 Å². The van der Waals surface area contributed by atoms with Crippen molar-refractivity contribution in [2.45, 2.75) is 92.9 Å². The summed E-state index contributed by atoms with van der Waals surface area (Å²) in [6, 6.07) is 9.35. The summed E-state index contributed by atoms with van der Waals surface area (Å²) in [7, 11) is 0. The monoisotopic (exact) mass is 460 g/mol. The Bertz CT molecular complexity index is 625. The number of hydrogen-bond acceptors (Lipinski definition) is 3. The van der Waals surface area contributed by atoms with Gasteiger partial charge in [0.05, 0.1) is 6.61 Å². The topological polar surface area (TPSA) is 32.8 Å². The fourth-order valence-corrected chi connectivity index (χ4v) is 5.27. The zero-order valence-corrected chi connectivity index (χ0v) is 22.7. The van der Waals surface area contributed by atoms with Crippen molar-refractivity contribution in [3.8, 4) is 0 Å². The first-order valence-corrected chi connectivity index (χ1v) is 13.9. The second-order valence-electron chi connectivity index (χ2n) is 8.96. The molecule has 1 aliphatic carbocycles. The SMILES string of the molecule is CC.CC.CCC.CCOC(=O)N1CC2CCC(c3ccc(CCN4CCCC4)cc3)C2C1. The summed E-state index contributed by atoms with van der Waals surface area (Å²) >= 11 is 0. The van der Waals surface area contributed by atoms with Crippen molar-refractivity contribution in [3.63, 3.8) is 0 Å². The van der Waals surface area contributed by atoms with Crippen molar-refractivity contribution in [2.24, 2.45) is 11.8 Å². The molecule has 2 heterocycles. The minimum absolute atomic E-state index is 0.127. The summed E-state index contributed by atoms with van der Waals surface area (Å²) in [4.78, 5) is 16.6. The van der Waals surface area contributed by atoms with Crippen LogP contribution in [-0.4, -0.2) is 55.2 Å². The number of benzene rings is 1. The van der Waals surface area contributed by atoms with E-state index in [0.717, 1.165) is 19.5 Å². The van der Waals surface area contributed by atoms with Crippen molar-refractivity contribution >= 4 is 6.09 Å². The average molecular weight is 461 g/mol. The summed E-state index contributed by atoms with van der Waals surface area (Å²) in [5, 5.41) is 0. The van der Waals surface area contributed by atoms with Crippen LogP contribution in [0.2, 0.25) is 0 Å². The fraction of sp³-hybridized carbons (Fsp3) is 0.759. The van der Waals surface area contributed by atoms with Gasteiger partial charge in [0.25, 0.3) is 0 Å². The minimum atomic E-state index is -0.127. The van der Waals surface area contributed by atoms with Crippen LogP contribution in [0.5, 0.6) is 0 Å². The molecular weight excluding hydrogens is 408 g/mol. The molecule has 0 bridgehead atoms. The first-order chi connectivity index (χ1) is 16.2. The molecule has 0 aromatic heterocycles. The van der Waals surface area contributed by atoms with Crippen molar-refractivity contribution in [1.82, 2.24) is 9.80 Å². The van der Waals surface area contributed by atoms with Crippen LogP contribution in [-0.2, 0) is 11.2 Å². The Morgan fingerprint density at radius 1 is 0.939 bits per heavy atom. The lowest BCUT2D eigenvalue weighted by Gasteiger charge is -2.21. The van der Waals surface area contributed by atoms with Gasteiger partial charge in [-0.3, -0.25) is 0 Å². The van der Waals surface area contributed by atoms with Gasteiger partial charge in [-0.25, -0.2) is 4.79 Å². The summed E-state index contributed by atoms with van der Waals surface area (Å²) in [5.41, 5.74) is 2.92. The molecule has 4 nitrogen and oxygen atoms in total. The summed E-state index contributed by atoms with van der Waals surface area (Å²) < 4.78 is 5.20. The Hall–Kier alpha value is -1.55. The minimum Gasteiger partial charge on any atom is -0.450 e. The Morgan fingerprint density at radius 3 is 2.12 bits per heavy atom. The van der Waals surface area contributed by atoms with E-state index in [1.165, 1.54) is 62.9 Å². The number of fused-ring (bicyclic) bond motifs is 1. The zero-order valence-electron chi connectivity index (χ0n) is 22.7. The average Bonchev–Trinajstić information content (AvgIpc) is 3.59. The van der Waals surface area contributed by atoms with E-state index in [4.69, 9.17) is 4.74 Å². The molecule has 3 atom stereocenters. The largest absolute Gasteiger partial charge is 0.450 e. The number of carbonyl (C=O) groups excluding carboxylic acids is 1. The van der Waals surface area contributed by atoms with Crippen LogP contribution in [0.15, 0.2) is 24.3 Å². The van der Waals surface area contributed by atoms with Gasteiger partial charge in [-0.1, -0.05) is 72.2 Å². The van der Waals surface area contributed by atoms with Gasteiger partial charge in [0, 0.05) is 19.6 Å². The maximum absolute atomic E-state index is 12.0. The number of nitrogens with zero attached hydrogens (tertiary/aromatic N) is 2. The van der Waals surface area contributed by atoms with E-state index >= 15 is 0 Å². The molecule has 0 spiro atoms. The van der Waals surface area contributed by atoms with Crippen LogP contribution in [0.1, 0.15) is 97.6 Å². The van der Waals surface area contributed by atoms with E-state index in [1.807, 2.05) is 39.5 Å². The van der Waals surface area contributed by atoms with Crippen LogP contribution in [0, 0.1) is 11.8 Å². The summed E-state index contributed by atoms with van der Waals surface area (Å²) in [6.45, 7) is 20.1. The molecule has 3 unspecified atom stereocenters. The highest BCUT2D eigenvalue weighted by atomic mass is 16.6. The molecule has 1 aromatic rings. The van der Waals surface area contributed by atoms with Crippen LogP contribution in [0.3, 0.4) is 0 Å². The molecule has 4 rings (SSSR count). The third kappa shape index (κ3) is 8.96. The van der Waals surface area contributed by atoms with Gasteiger partial charge in [-0.05, 0) is 81.0 Å². The van der Waals surface area contributed by atoms with Crippen LogP contribution >= 0.6 is 0 Å². The van der Waals surface area contributed by atoms with Gasteiger partial charge < -0.3 is 14.5 Å². The van der Waals surface area contributed by atoms with Crippen LogP contribution in [0.25, 0.3) is 0 Å². The lowest BCUT2D eigenvalue weighted by molar-refractivity contribution is 0.112. The van der Waals surface area contributed by atoms with E-state index in [2.05, 4.69) is 43.0 Å². The molecule has 2 aliphatic heterocycles. The van der Waals surface area contributed by atoms with Crippen LogP contribution < -0.4 is 0 Å². The van der Waals surface area contributed by atoms with E-state index in [0.29, 0.717) is 24.4 Å². The van der Waals surface area contributed by atoms with E-state index in [1.54, 1.807) is 0 Å². The Morgan fingerprint density at radius 2 is 1.55 bits per heavy atom. The third-order valence-corrected chi connectivity index (χ3v) is 6.71.